The van der Waals surface area contributed by atoms with E-state index in [9.17, 15) is 14.4 Å². The monoisotopic (exact) mass is 366 g/mol. The molecule has 1 aromatic carbocycles. The van der Waals surface area contributed by atoms with Gasteiger partial charge in [-0.15, -0.1) is 0 Å². The smallest absolute Gasteiger partial charge is 0.261 e. The number of furan rings is 1. The van der Waals surface area contributed by atoms with Gasteiger partial charge < -0.3 is 9.73 Å². The minimum atomic E-state index is -0.395. The largest absolute Gasteiger partial charge is 0.467 e. The van der Waals surface area contributed by atoms with Crippen molar-refractivity contribution >= 4 is 17.7 Å². The Morgan fingerprint density at radius 2 is 1.85 bits per heavy atom. The Morgan fingerprint density at radius 1 is 1.07 bits per heavy atom. The first kappa shape index (κ1) is 17.5. The summed E-state index contributed by atoms with van der Waals surface area (Å²) in [4.78, 5) is 38.8. The van der Waals surface area contributed by atoms with Gasteiger partial charge in [0.2, 0.25) is 0 Å². The Bertz CT molecular complexity index is 866. The van der Waals surface area contributed by atoms with E-state index in [1.165, 1.54) is 31.6 Å². The Labute approximate surface area is 157 Å². The molecule has 4 rings (SSSR count). The van der Waals surface area contributed by atoms with E-state index < -0.39 is 5.91 Å². The number of carbonyl (C=O) groups is 3. The summed E-state index contributed by atoms with van der Waals surface area (Å²) < 4.78 is 5.23. The summed E-state index contributed by atoms with van der Waals surface area (Å²) in [6, 6.07) is 8.12. The second kappa shape index (κ2) is 7.39. The molecule has 1 N–H and O–H groups in total. The molecular weight excluding hydrogens is 344 g/mol. The molecule has 27 heavy (non-hydrogen) atoms. The van der Waals surface area contributed by atoms with Gasteiger partial charge in [0.15, 0.2) is 0 Å². The number of nitrogens with zero attached hydrogens (tertiary/aromatic N) is 1. The molecule has 6 heteroatoms. The minimum Gasteiger partial charge on any atom is -0.467 e. The van der Waals surface area contributed by atoms with Gasteiger partial charge in [-0.1, -0.05) is 19.3 Å². The predicted octanol–water partition coefficient (Wildman–Crippen LogP) is 3.39. The maximum absolute atomic E-state index is 12.6. The third kappa shape index (κ3) is 3.52. The van der Waals surface area contributed by atoms with E-state index in [4.69, 9.17) is 4.42 Å². The Kier molecular flexibility index (Phi) is 4.79. The molecule has 0 saturated heterocycles. The van der Waals surface area contributed by atoms with E-state index in [1.54, 1.807) is 24.3 Å². The quantitative estimate of drug-likeness (QED) is 0.823. The summed E-state index contributed by atoms with van der Waals surface area (Å²) in [5.74, 6) is 0.112. The van der Waals surface area contributed by atoms with Gasteiger partial charge in [-0.3, -0.25) is 19.3 Å². The van der Waals surface area contributed by atoms with Gasteiger partial charge in [0.25, 0.3) is 17.7 Å². The van der Waals surface area contributed by atoms with Crippen LogP contribution in [0.2, 0.25) is 0 Å². The molecule has 1 fully saturated rings. The summed E-state index contributed by atoms with van der Waals surface area (Å²) in [5, 5.41) is 2.97. The highest BCUT2D eigenvalue weighted by Crippen LogP contribution is 2.26. The van der Waals surface area contributed by atoms with Gasteiger partial charge in [0.05, 0.1) is 23.9 Å². The molecule has 0 unspecified atom stereocenters. The number of hydrogen-bond acceptors (Lipinski definition) is 4. The fourth-order valence-electron chi connectivity index (χ4n) is 3.86. The van der Waals surface area contributed by atoms with Crippen molar-refractivity contribution in [1.29, 1.82) is 0 Å². The lowest BCUT2D eigenvalue weighted by Gasteiger charge is -2.21. The maximum Gasteiger partial charge on any atom is 0.261 e. The molecule has 6 nitrogen and oxygen atoms in total. The summed E-state index contributed by atoms with van der Waals surface area (Å²) in [7, 11) is 0. The van der Waals surface area contributed by atoms with Crippen molar-refractivity contribution in [2.24, 2.45) is 5.92 Å². The second-order valence-corrected chi connectivity index (χ2v) is 7.25. The zero-order valence-electron chi connectivity index (χ0n) is 15.1. The van der Waals surface area contributed by atoms with Gasteiger partial charge in [-0.2, -0.15) is 0 Å². The van der Waals surface area contributed by atoms with Crippen LogP contribution in [-0.4, -0.2) is 29.2 Å². The standard InChI is InChI=1S/C21H22N2O4/c24-19(22-12-14-5-2-1-3-6-14)15-8-9-17-18(11-15)21(26)23(20(17)25)13-16-7-4-10-27-16/h4,7-11,14H,1-3,5-6,12-13H2,(H,22,24). The topological polar surface area (TPSA) is 79.6 Å². The van der Waals surface area contributed by atoms with Gasteiger partial charge in [0, 0.05) is 12.1 Å². The first-order valence-electron chi connectivity index (χ1n) is 9.44. The molecule has 2 aliphatic rings. The van der Waals surface area contributed by atoms with Crippen molar-refractivity contribution in [2.45, 2.75) is 38.6 Å². The Morgan fingerprint density at radius 3 is 2.59 bits per heavy atom. The summed E-state index contributed by atoms with van der Waals surface area (Å²) in [6.45, 7) is 0.746. The van der Waals surface area contributed by atoms with Crippen LogP contribution in [0.4, 0.5) is 0 Å². The molecule has 3 amide bonds. The number of carbonyl (C=O) groups excluding carboxylic acids is 3. The highest BCUT2D eigenvalue weighted by Gasteiger charge is 2.36. The number of fused-ring (bicyclic) bond motifs is 1. The molecule has 2 heterocycles. The SMILES string of the molecule is O=C(NCC1CCCCC1)c1ccc2c(c1)C(=O)N(Cc1ccco1)C2=O. The summed E-state index contributed by atoms with van der Waals surface area (Å²) in [5.41, 5.74) is 1.01. The van der Waals surface area contributed by atoms with Crippen molar-refractivity contribution in [3.05, 3.63) is 59.0 Å². The van der Waals surface area contributed by atoms with E-state index in [0.29, 0.717) is 29.3 Å². The van der Waals surface area contributed by atoms with Crippen LogP contribution in [0.25, 0.3) is 0 Å². The van der Waals surface area contributed by atoms with Crippen LogP contribution in [0.3, 0.4) is 0 Å². The lowest BCUT2D eigenvalue weighted by Crippen LogP contribution is -2.30. The predicted molar refractivity (Wildman–Crippen MR) is 98.3 cm³/mol. The number of nitrogens with one attached hydrogen (secondary N) is 1. The van der Waals surface area contributed by atoms with E-state index in [2.05, 4.69) is 5.32 Å². The zero-order chi connectivity index (χ0) is 18.8. The van der Waals surface area contributed by atoms with E-state index in [1.807, 2.05) is 0 Å². The van der Waals surface area contributed by atoms with Crippen LogP contribution in [-0.2, 0) is 6.54 Å². The molecule has 1 saturated carbocycles. The van der Waals surface area contributed by atoms with Gasteiger partial charge in [0.1, 0.15) is 5.76 Å². The third-order valence-corrected chi connectivity index (χ3v) is 5.40. The molecule has 1 aromatic heterocycles. The van der Waals surface area contributed by atoms with Crippen molar-refractivity contribution in [3.8, 4) is 0 Å². The first-order valence-corrected chi connectivity index (χ1v) is 9.44. The van der Waals surface area contributed by atoms with E-state index in [0.717, 1.165) is 17.7 Å². The summed E-state index contributed by atoms with van der Waals surface area (Å²) in [6.07, 6.45) is 7.53. The molecule has 2 aromatic rings. The summed E-state index contributed by atoms with van der Waals surface area (Å²) >= 11 is 0. The van der Waals surface area contributed by atoms with Crippen LogP contribution in [0.5, 0.6) is 0 Å². The van der Waals surface area contributed by atoms with Crippen LogP contribution in [0.1, 0.15) is 68.9 Å². The molecule has 0 radical (unpaired) electrons. The molecule has 140 valence electrons. The van der Waals surface area contributed by atoms with Crippen molar-refractivity contribution in [1.82, 2.24) is 10.2 Å². The molecule has 0 atom stereocenters. The Balaban J connectivity index is 1.46. The highest BCUT2D eigenvalue weighted by atomic mass is 16.3. The third-order valence-electron chi connectivity index (χ3n) is 5.40. The number of amides is 3. The van der Waals surface area contributed by atoms with E-state index in [-0.39, 0.29) is 23.9 Å². The molecular formula is C21H22N2O4. The van der Waals surface area contributed by atoms with Gasteiger partial charge in [-0.25, -0.2) is 0 Å². The Hall–Kier alpha value is -2.89. The zero-order valence-corrected chi connectivity index (χ0v) is 15.1. The van der Waals surface area contributed by atoms with Crippen LogP contribution in [0, 0.1) is 5.92 Å². The van der Waals surface area contributed by atoms with Gasteiger partial charge in [-0.05, 0) is 49.1 Å². The lowest BCUT2D eigenvalue weighted by molar-refractivity contribution is 0.0631. The minimum absolute atomic E-state index is 0.0859. The average molecular weight is 366 g/mol. The average Bonchev–Trinajstić information content (AvgIpc) is 3.30. The molecule has 0 spiro atoms. The van der Waals surface area contributed by atoms with Crippen molar-refractivity contribution < 1.29 is 18.8 Å². The van der Waals surface area contributed by atoms with Gasteiger partial charge >= 0.3 is 0 Å². The number of rotatable bonds is 5. The lowest BCUT2D eigenvalue weighted by atomic mass is 9.89. The van der Waals surface area contributed by atoms with Crippen molar-refractivity contribution in [2.75, 3.05) is 6.54 Å². The maximum atomic E-state index is 12.6. The molecule has 0 bridgehead atoms. The highest BCUT2D eigenvalue weighted by molar-refractivity contribution is 6.21. The van der Waals surface area contributed by atoms with Crippen LogP contribution < -0.4 is 5.32 Å². The van der Waals surface area contributed by atoms with Crippen LogP contribution >= 0.6 is 0 Å². The van der Waals surface area contributed by atoms with Crippen molar-refractivity contribution in [3.63, 3.8) is 0 Å². The first-order chi connectivity index (χ1) is 13.1. The number of benzene rings is 1. The van der Waals surface area contributed by atoms with Crippen LogP contribution in [0.15, 0.2) is 41.0 Å². The fourth-order valence-corrected chi connectivity index (χ4v) is 3.86. The van der Waals surface area contributed by atoms with E-state index >= 15 is 0 Å². The number of hydrogen-bond donors (Lipinski definition) is 1. The molecule has 1 aliphatic carbocycles. The number of imide groups is 1. The fraction of sp³-hybridized carbons (Fsp3) is 0.381. The normalized spacial score (nSPS) is 17.3. The molecule has 1 aliphatic heterocycles. The second-order valence-electron chi connectivity index (χ2n) is 7.25.